The van der Waals surface area contributed by atoms with E-state index in [1.54, 1.807) is 13.8 Å². The molecule has 0 aromatic carbocycles. The average molecular weight is 161 g/mol. The van der Waals surface area contributed by atoms with Crippen molar-refractivity contribution in [2.75, 3.05) is 0 Å². The Morgan fingerprint density at radius 3 is 2.36 bits per heavy atom. The molecule has 0 aliphatic rings. The van der Waals surface area contributed by atoms with Crippen molar-refractivity contribution in [1.82, 2.24) is 0 Å². The van der Waals surface area contributed by atoms with Crippen LogP contribution in [0.2, 0.25) is 0 Å². The van der Waals surface area contributed by atoms with E-state index in [0.29, 0.717) is 6.42 Å². The third-order valence-corrected chi connectivity index (χ3v) is 1.88. The highest BCUT2D eigenvalue weighted by atomic mass is 16.4. The van der Waals surface area contributed by atoms with Gasteiger partial charge in [-0.1, -0.05) is 13.8 Å². The fourth-order valence-electron chi connectivity index (χ4n) is 0.836. The van der Waals surface area contributed by atoms with Crippen molar-refractivity contribution in [3.63, 3.8) is 0 Å². The zero-order valence-electron chi connectivity index (χ0n) is 6.82. The Morgan fingerprint density at radius 2 is 2.09 bits per heavy atom. The third kappa shape index (κ3) is 2.86. The van der Waals surface area contributed by atoms with Crippen LogP contribution in [0.1, 0.15) is 20.3 Å². The van der Waals surface area contributed by atoms with E-state index in [2.05, 4.69) is 0 Å². The summed E-state index contributed by atoms with van der Waals surface area (Å²) in [5.74, 6) is -1.46. The van der Waals surface area contributed by atoms with Crippen LogP contribution in [0.3, 0.4) is 0 Å². The molecule has 0 spiro atoms. The normalized spacial score (nSPS) is 18.9. The van der Waals surface area contributed by atoms with E-state index < -0.39 is 24.0 Å². The van der Waals surface area contributed by atoms with Crippen LogP contribution < -0.4 is 5.73 Å². The summed E-state index contributed by atoms with van der Waals surface area (Å²) >= 11 is 0. The maximum atomic E-state index is 10.3. The quantitative estimate of drug-likeness (QED) is 0.533. The second kappa shape index (κ2) is 4.31. The molecule has 0 fully saturated rings. The zero-order valence-corrected chi connectivity index (χ0v) is 6.82. The van der Waals surface area contributed by atoms with Gasteiger partial charge in [-0.05, 0) is 6.42 Å². The van der Waals surface area contributed by atoms with Crippen LogP contribution in [0.4, 0.5) is 0 Å². The highest BCUT2D eigenvalue weighted by Crippen LogP contribution is 2.09. The Hall–Kier alpha value is -0.610. The van der Waals surface area contributed by atoms with E-state index >= 15 is 0 Å². The first kappa shape index (κ1) is 10.4. The maximum absolute atomic E-state index is 10.3. The fourth-order valence-corrected chi connectivity index (χ4v) is 0.836. The topological polar surface area (TPSA) is 83.5 Å². The predicted molar refractivity (Wildman–Crippen MR) is 41.1 cm³/mol. The highest BCUT2D eigenvalue weighted by molar-refractivity contribution is 5.73. The molecule has 0 aromatic heterocycles. The van der Waals surface area contributed by atoms with Gasteiger partial charge in [-0.15, -0.1) is 0 Å². The lowest BCUT2D eigenvalue weighted by Crippen LogP contribution is -2.41. The molecule has 4 nitrogen and oxygen atoms in total. The van der Waals surface area contributed by atoms with Crippen LogP contribution in [0.15, 0.2) is 0 Å². The largest absolute Gasteiger partial charge is 0.480 e. The molecule has 0 radical (unpaired) electrons. The summed E-state index contributed by atoms with van der Waals surface area (Å²) in [7, 11) is 0. The van der Waals surface area contributed by atoms with Crippen molar-refractivity contribution in [1.29, 1.82) is 0 Å². The second-order valence-electron chi connectivity index (χ2n) is 2.70. The number of aliphatic hydroxyl groups is 1. The minimum atomic E-state index is -1.06. The Morgan fingerprint density at radius 1 is 1.64 bits per heavy atom. The summed E-state index contributed by atoms with van der Waals surface area (Å²) in [6, 6.07) is -0.968. The average Bonchev–Trinajstić information content (AvgIpc) is 2.00. The van der Waals surface area contributed by atoms with Gasteiger partial charge in [0.2, 0.25) is 0 Å². The number of aliphatic carboxylic acids is 1. The molecule has 0 heterocycles. The van der Waals surface area contributed by atoms with Crippen molar-refractivity contribution in [3.8, 4) is 0 Å². The van der Waals surface area contributed by atoms with Crippen LogP contribution >= 0.6 is 0 Å². The number of carboxylic acids is 1. The van der Waals surface area contributed by atoms with Crippen LogP contribution in [0, 0.1) is 5.92 Å². The summed E-state index contributed by atoms with van der Waals surface area (Å²) in [6.07, 6.45) is -0.0941. The first-order chi connectivity index (χ1) is 5.00. The molecule has 0 aliphatic heterocycles. The number of rotatable bonds is 4. The molecule has 0 saturated heterocycles. The molecule has 0 saturated carbocycles. The van der Waals surface area contributed by atoms with Gasteiger partial charge in [0, 0.05) is 5.92 Å². The summed E-state index contributed by atoms with van der Waals surface area (Å²) in [4.78, 5) is 10.3. The standard InChI is InChI=1S/C7H15NO3/c1-3-5(9)4(2)6(8)7(10)11/h4-6,9H,3,8H2,1-2H3,(H,10,11)/t4?,5?,6-/m1/s1. The molecule has 66 valence electrons. The summed E-state index contributed by atoms with van der Waals surface area (Å²) in [5.41, 5.74) is 5.28. The monoisotopic (exact) mass is 161 g/mol. The first-order valence-corrected chi connectivity index (χ1v) is 3.67. The number of nitrogens with two attached hydrogens (primary N) is 1. The SMILES string of the molecule is CCC(O)C(C)[C@@H](N)C(=O)O. The molecule has 0 rings (SSSR count). The van der Waals surface area contributed by atoms with Gasteiger partial charge >= 0.3 is 5.97 Å². The van der Waals surface area contributed by atoms with E-state index in [0.717, 1.165) is 0 Å². The minimum Gasteiger partial charge on any atom is -0.480 e. The van der Waals surface area contributed by atoms with Crippen LogP contribution in [-0.4, -0.2) is 28.3 Å². The molecule has 0 amide bonds. The van der Waals surface area contributed by atoms with Gasteiger partial charge in [0.05, 0.1) is 6.10 Å². The lowest BCUT2D eigenvalue weighted by Gasteiger charge is -2.20. The summed E-state index contributed by atoms with van der Waals surface area (Å²) in [6.45, 7) is 3.42. The van der Waals surface area contributed by atoms with Crippen molar-refractivity contribution in [3.05, 3.63) is 0 Å². The number of carbonyl (C=O) groups is 1. The van der Waals surface area contributed by atoms with Gasteiger partial charge in [0.15, 0.2) is 0 Å². The van der Waals surface area contributed by atoms with Crippen molar-refractivity contribution in [2.24, 2.45) is 11.7 Å². The van der Waals surface area contributed by atoms with Crippen LogP contribution in [0.5, 0.6) is 0 Å². The molecular weight excluding hydrogens is 146 g/mol. The van der Waals surface area contributed by atoms with E-state index in [1.807, 2.05) is 0 Å². The molecule has 3 atom stereocenters. The number of carboxylic acid groups (broad SMARTS) is 1. The van der Waals surface area contributed by atoms with Crippen molar-refractivity contribution in [2.45, 2.75) is 32.4 Å². The van der Waals surface area contributed by atoms with Gasteiger partial charge in [0.25, 0.3) is 0 Å². The number of hydrogen-bond donors (Lipinski definition) is 3. The van der Waals surface area contributed by atoms with Crippen molar-refractivity contribution < 1.29 is 15.0 Å². The van der Waals surface area contributed by atoms with Gasteiger partial charge < -0.3 is 15.9 Å². The number of aliphatic hydroxyl groups excluding tert-OH is 1. The Balaban J connectivity index is 4.00. The Labute approximate surface area is 66.0 Å². The zero-order chi connectivity index (χ0) is 9.02. The summed E-state index contributed by atoms with van der Waals surface area (Å²) < 4.78 is 0. The van der Waals surface area contributed by atoms with E-state index in [4.69, 9.17) is 10.8 Å². The first-order valence-electron chi connectivity index (χ1n) is 3.67. The molecule has 4 N–H and O–H groups in total. The Kier molecular flexibility index (Phi) is 4.07. The Bertz CT molecular complexity index is 138. The molecular formula is C7H15NO3. The van der Waals surface area contributed by atoms with Crippen LogP contribution in [-0.2, 0) is 4.79 Å². The minimum absolute atomic E-state index is 0.391. The van der Waals surface area contributed by atoms with E-state index in [1.165, 1.54) is 0 Å². The smallest absolute Gasteiger partial charge is 0.320 e. The van der Waals surface area contributed by atoms with Gasteiger partial charge in [0.1, 0.15) is 6.04 Å². The molecule has 0 aromatic rings. The summed E-state index contributed by atoms with van der Waals surface area (Å²) in [5, 5.41) is 17.7. The van der Waals surface area contributed by atoms with Crippen LogP contribution in [0.25, 0.3) is 0 Å². The lowest BCUT2D eigenvalue weighted by atomic mass is 9.95. The molecule has 11 heavy (non-hydrogen) atoms. The fraction of sp³-hybridized carbons (Fsp3) is 0.857. The molecule has 4 heteroatoms. The third-order valence-electron chi connectivity index (χ3n) is 1.88. The predicted octanol–water partition coefficient (Wildman–Crippen LogP) is -0.195. The maximum Gasteiger partial charge on any atom is 0.320 e. The lowest BCUT2D eigenvalue weighted by molar-refractivity contribution is -0.140. The molecule has 2 unspecified atom stereocenters. The molecule has 0 aliphatic carbocycles. The molecule has 0 bridgehead atoms. The van der Waals surface area contributed by atoms with Gasteiger partial charge in [-0.25, -0.2) is 0 Å². The van der Waals surface area contributed by atoms with Crippen molar-refractivity contribution >= 4 is 5.97 Å². The highest BCUT2D eigenvalue weighted by Gasteiger charge is 2.24. The van der Waals surface area contributed by atoms with Gasteiger partial charge in [-0.2, -0.15) is 0 Å². The van der Waals surface area contributed by atoms with E-state index in [-0.39, 0.29) is 0 Å². The second-order valence-corrected chi connectivity index (χ2v) is 2.70. The number of hydrogen-bond acceptors (Lipinski definition) is 3. The van der Waals surface area contributed by atoms with Gasteiger partial charge in [-0.3, -0.25) is 4.79 Å². The van der Waals surface area contributed by atoms with E-state index in [9.17, 15) is 9.90 Å².